The maximum absolute atomic E-state index is 12.1. The maximum atomic E-state index is 12.1. The lowest BCUT2D eigenvalue weighted by molar-refractivity contribution is -0.123. The van der Waals surface area contributed by atoms with Crippen molar-refractivity contribution in [2.24, 2.45) is 0 Å². The van der Waals surface area contributed by atoms with Crippen molar-refractivity contribution in [2.45, 2.75) is 13.0 Å². The van der Waals surface area contributed by atoms with E-state index in [1.54, 1.807) is 0 Å². The average molecular weight is 375 g/mol. The van der Waals surface area contributed by atoms with E-state index in [4.69, 9.17) is 39.5 Å². The fraction of sp³-hybridized carbons (Fsp3) is 0.143. The molecule has 23 heavy (non-hydrogen) atoms. The summed E-state index contributed by atoms with van der Waals surface area (Å²) in [7, 11) is 0. The third-order valence-corrected chi connectivity index (χ3v) is 3.49. The number of carbonyl (C=O) groups excluding carboxylic acids is 2. The number of esters is 1. The Hall–Kier alpha value is -1.89. The number of carbonyl (C=O) groups is 2. The first-order valence-electron chi connectivity index (χ1n) is 6.31. The number of amides is 1. The van der Waals surface area contributed by atoms with Gasteiger partial charge in [0, 0.05) is 17.4 Å². The fourth-order valence-electron chi connectivity index (χ4n) is 1.57. The fourth-order valence-corrected chi connectivity index (χ4v) is 2.48. The zero-order valence-electron chi connectivity index (χ0n) is 11.7. The third-order valence-electron chi connectivity index (χ3n) is 2.68. The van der Waals surface area contributed by atoms with Crippen LogP contribution in [0.25, 0.3) is 0 Å². The van der Waals surface area contributed by atoms with E-state index in [0.717, 1.165) is 0 Å². The van der Waals surface area contributed by atoms with Gasteiger partial charge in [0.1, 0.15) is 0 Å². The minimum Gasteiger partial charge on any atom is -0.448 e. The summed E-state index contributed by atoms with van der Waals surface area (Å²) in [4.78, 5) is 31.4. The molecule has 0 aliphatic rings. The van der Waals surface area contributed by atoms with Crippen LogP contribution in [0, 0.1) is 0 Å². The van der Waals surface area contributed by atoms with Crippen LogP contribution in [0.4, 0.5) is 5.69 Å². The summed E-state index contributed by atoms with van der Waals surface area (Å²) in [5.74, 6) is -1.37. The van der Waals surface area contributed by atoms with Crippen LogP contribution >= 0.6 is 34.8 Å². The van der Waals surface area contributed by atoms with Crippen molar-refractivity contribution >= 4 is 52.4 Å². The molecule has 0 radical (unpaired) electrons. The van der Waals surface area contributed by atoms with Gasteiger partial charge >= 0.3 is 5.97 Å². The second-order valence-corrected chi connectivity index (χ2v) is 5.62. The Labute approximate surface area is 146 Å². The van der Waals surface area contributed by atoms with E-state index in [1.165, 1.54) is 37.6 Å². The molecule has 0 unspecified atom stereocenters. The summed E-state index contributed by atoms with van der Waals surface area (Å²) in [5, 5.41) is 3.16. The number of benzene rings is 1. The van der Waals surface area contributed by atoms with Crippen molar-refractivity contribution in [3.05, 3.63) is 51.5 Å². The summed E-state index contributed by atoms with van der Waals surface area (Å²) in [6.07, 6.45) is 2.90. The molecule has 2 aromatic rings. The first-order valence-corrected chi connectivity index (χ1v) is 7.44. The van der Waals surface area contributed by atoms with E-state index in [9.17, 15) is 9.59 Å². The Morgan fingerprint density at radius 3 is 2.39 bits per heavy atom. The number of hydrogen-bond acceptors (Lipinski definition) is 5. The van der Waals surface area contributed by atoms with E-state index in [2.05, 4.69) is 15.3 Å². The number of halogens is 3. The zero-order chi connectivity index (χ0) is 17.0. The molecule has 0 saturated heterocycles. The molecule has 2 rings (SSSR count). The molecule has 0 aliphatic heterocycles. The molecule has 0 fully saturated rings. The molecule has 1 aromatic carbocycles. The van der Waals surface area contributed by atoms with E-state index >= 15 is 0 Å². The maximum Gasteiger partial charge on any atom is 0.359 e. The van der Waals surface area contributed by atoms with E-state index in [0.29, 0.717) is 5.02 Å². The van der Waals surface area contributed by atoms with Crippen molar-refractivity contribution in [3.8, 4) is 0 Å². The van der Waals surface area contributed by atoms with Gasteiger partial charge in [0.25, 0.3) is 5.91 Å². The second kappa shape index (κ2) is 7.59. The minimum absolute atomic E-state index is 0.00490. The summed E-state index contributed by atoms with van der Waals surface area (Å²) < 4.78 is 5.01. The van der Waals surface area contributed by atoms with Crippen molar-refractivity contribution in [3.63, 3.8) is 0 Å². The van der Waals surface area contributed by atoms with Crippen LogP contribution in [0.2, 0.25) is 15.1 Å². The van der Waals surface area contributed by atoms with Gasteiger partial charge in [-0.05, 0) is 19.1 Å². The number of ether oxygens (including phenoxy) is 1. The third kappa shape index (κ3) is 4.54. The molecule has 1 aromatic heterocycles. The topological polar surface area (TPSA) is 81.2 Å². The van der Waals surface area contributed by atoms with E-state index in [1.807, 2.05) is 0 Å². The van der Waals surface area contributed by atoms with Crippen LogP contribution in [0.1, 0.15) is 17.4 Å². The number of anilines is 1. The molecular weight excluding hydrogens is 365 g/mol. The van der Waals surface area contributed by atoms with Crippen LogP contribution in [0.5, 0.6) is 0 Å². The predicted octanol–water partition coefficient (Wildman–Crippen LogP) is 3.62. The summed E-state index contributed by atoms with van der Waals surface area (Å²) in [5.41, 5.74) is 0.180. The number of hydrogen-bond donors (Lipinski definition) is 1. The number of nitrogens with one attached hydrogen (secondary N) is 1. The standard InChI is InChI=1S/C14H10Cl3N3O3/c1-7(23-14(22)11-6-18-2-3-19-11)13(21)20-12-9(16)4-8(15)5-10(12)17/h2-7H,1H3,(H,20,21)/t7-/m1/s1. The molecule has 1 heterocycles. The summed E-state index contributed by atoms with van der Waals surface area (Å²) >= 11 is 17.7. The van der Waals surface area contributed by atoms with Gasteiger partial charge in [0.05, 0.1) is 21.9 Å². The molecule has 1 amide bonds. The van der Waals surface area contributed by atoms with Gasteiger partial charge in [-0.2, -0.15) is 0 Å². The van der Waals surface area contributed by atoms with Crippen LogP contribution < -0.4 is 5.32 Å². The van der Waals surface area contributed by atoms with E-state index in [-0.39, 0.29) is 21.4 Å². The monoisotopic (exact) mass is 373 g/mol. The van der Waals surface area contributed by atoms with Gasteiger partial charge in [-0.25, -0.2) is 9.78 Å². The predicted molar refractivity (Wildman–Crippen MR) is 87.0 cm³/mol. The van der Waals surface area contributed by atoms with Crippen LogP contribution in [0.15, 0.2) is 30.7 Å². The molecule has 1 atom stereocenters. The van der Waals surface area contributed by atoms with Crippen molar-refractivity contribution in [2.75, 3.05) is 5.32 Å². The lowest BCUT2D eigenvalue weighted by Crippen LogP contribution is -2.30. The van der Waals surface area contributed by atoms with Gasteiger partial charge in [-0.1, -0.05) is 34.8 Å². The zero-order valence-corrected chi connectivity index (χ0v) is 14.0. The van der Waals surface area contributed by atoms with Crippen LogP contribution in [0.3, 0.4) is 0 Å². The van der Waals surface area contributed by atoms with Crippen LogP contribution in [-0.4, -0.2) is 27.9 Å². The van der Waals surface area contributed by atoms with Crippen molar-refractivity contribution in [1.82, 2.24) is 9.97 Å². The molecule has 0 aliphatic carbocycles. The highest BCUT2D eigenvalue weighted by Gasteiger charge is 2.21. The van der Waals surface area contributed by atoms with Gasteiger partial charge in [-0.15, -0.1) is 0 Å². The Bertz CT molecular complexity index is 718. The second-order valence-electron chi connectivity index (χ2n) is 4.37. The first kappa shape index (κ1) is 17.5. The first-order chi connectivity index (χ1) is 10.9. The SMILES string of the molecule is C[C@@H](OC(=O)c1cnccn1)C(=O)Nc1c(Cl)cc(Cl)cc1Cl. The average Bonchev–Trinajstić information content (AvgIpc) is 2.51. The highest BCUT2D eigenvalue weighted by Crippen LogP contribution is 2.33. The van der Waals surface area contributed by atoms with Crippen LogP contribution in [-0.2, 0) is 9.53 Å². The minimum atomic E-state index is -1.09. The summed E-state index contributed by atoms with van der Waals surface area (Å²) in [6.45, 7) is 1.40. The van der Waals surface area contributed by atoms with Gasteiger partial charge in [0.15, 0.2) is 11.8 Å². The summed E-state index contributed by atoms with van der Waals surface area (Å²) in [6, 6.07) is 2.86. The smallest absolute Gasteiger partial charge is 0.359 e. The molecule has 9 heteroatoms. The highest BCUT2D eigenvalue weighted by atomic mass is 35.5. The quantitative estimate of drug-likeness (QED) is 0.827. The Morgan fingerprint density at radius 2 is 1.83 bits per heavy atom. The molecule has 1 N–H and O–H groups in total. The molecular formula is C14H10Cl3N3O3. The lowest BCUT2D eigenvalue weighted by Gasteiger charge is -2.15. The largest absolute Gasteiger partial charge is 0.448 e. The van der Waals surface area contributed by atoms with Gasteiger partial charge < -0.3 is 10.1 Å². The number of aromatic nitrogens is 2. The van der Waals surface area contributed by atoms with E-state index < -0.39 is 18.0 Å². The van der Waals surface area contributed by atoms with Gasteiger partial charge in [0.2, 0.25) is 0 Å². The normalized spacial score (nSPS) is 11.7. The number of nitrogens with zero attached hydrogens (tertiary/aromatic N) is 2. The molecule has 0 bridgehead atoms. The Morgan fingerprint density at radius 1 is 1.17 bits per heavy atom. The molecule has 0 saturated carbocycles. The molecule has 0 spiro atoms. The molecule has 120 valence electrons. The molecule has 6 nitrogen and oxygen atoms in total. The highest BCUT2D eigenvalue weighted by molar-refractivity contribution is 6.42. The lowest BCUT2D eigenvalue weighted by atomic mass is 10.3. The van der Waals surface area contributed by atoms with Crippen molar-refractivity contribution in [1.29, 1.82) is 0 Å². The number of rotatable bonds is 4. The Kier molecular flexibility index (Phi) is 5.76. The Balaban J connectivity index is 2.05. The van der Waals surface area contributed by atoms with Gasteiger partial charge in [-0.3, -0.25) is 9.78 Å². The van der Waals surface area contributed by atoms with Crippen molar-refractivity contribution < 1.29 is 14.3 Å².